The first-order chi connectivity index (χ1) is 12.1. The van der Waals surface area contributed by atoms with Gasteiger partial charge in [0.2, 0.25) is 0 Å². The van der Waals surface area contributed by atoms with Crippen molar-refractivity contribution in [3.63, 3.8) is 0 Å². The molecule has 0 spiro atoms. The Hall–Kier alpha value is -2.86. The van der Waals surface area contributed by atoms with Gasteiger partial charge in [-0.2, -0.15) is 0 Å². The van der Waals surface area contributed by atoms with E-state index in [2.05, 4.69) is 28.1 Å². The summed E-state index contributed by atoms with van der Waals surface area (Å²) in [4.78, 5) is 24.3. The first-order valence-electron chi connectivity index (χ1n) is 8.32. The number of benzene rings is 2. The van der Waals surface area contributed by atoms with Crippen LogP contribution in [-0.4, -0.2) is 17.9 Å². The van der Waals surface area contributed by atoms with Crippen LogP contribution in [0.25, 0.3) is 0 Å². The lowest BCUT2D eigenvalue weighted by Gasteiger charge is -2.25. The number of carbonyl (C=O) groups is 2. The van der Waals surface area contributed by atoms with Crippen molar-refractivity contribution in [3.8, 4) is 5.75 Å². The molecule has 0 saturated carbocycles. The number of amides is 2. The van der Waals surface area contributed by atoms with Gasteiger partial charge in [0, 0.05) is 19.6 Å². The van der Waals surface area contributed by atoms with Crippen LogP contribution in [0.3, 0.4) is 0 Å². The zero-order valence-electron chi connectivity index (χ0n) is 13.9. The van der Waals surface area contributed by atoms with E-state index in [1.165, 1.54) is 11.1 Å². The zero-order chi connectivity index (χ0) is 17.4. The lowest BCUT2D eigenvalue weighted by Crippen LogP contribution is -2.35. The van der Waals surface area contributed by atoms with Gasteiger partial charge in [-0.25, -0.2) is 0 Å². The highest BCUT2D eigenvalue weighted by Crippen LogP contribution is 2.33. The molecule has 0 fully saturated rings. The molecule has 25 heavy (non-hydrogen) atoms. The molecule has 0 aromatic heterocycles. The molecular formula is C19H19N3O3. The van der Waals surface area contributed by atoms with Crippen LogP contribution < -0.4 is 20.7 Å². The van der Waals surface area contributed by atoms with Gasteiger partial charge in [0.15, 0.2) is 11.9 Å². The molecule has 0 aliphatic carbocycles. The summed E-state index contributed by atoms with van der Waals surface area (Å²) in [5.74, 6) is -0.0131. The van der Waals surface area contributed by atoms with Crippen molar-refractivity contribution >= 4 is 17.5 Å². The third kappa shape index (κ3) is 2.96. The van der Waals surface area contributed by atoms with Crippen molar-refractivity contribution in [3.05, 3.63) is 58.7 Å². The molecule has 2 aliphatic rings. The average Bonchev–Trinajstić information content (AvgIpc) is 3.08. The van der Waals surface area contributed by atoms with E-state index in [-0.39, 0.29) is 11.8 Å². The van der Waals surface area contributed by atoms with Crippen molar-refractivity contribution < 1.29 is 14.3 Å². The summed E-state index contributed by atoms with van der Waals surface area (Å²) < 4.78 is 5.63. The van der Waals surface area contributed by atoms with Crippen LogP contribution in [0.1, 0.15) is 34.0 Å². The van der Waals surface area contributed by atoms with E-state index in [0.717, 1.165) is 18.7 Å². The maximum atomic E-state index is 12.6. The molecule has 6 nitrogen and oxygen atoms in total. The quantitative estimate of drug-likeness (QED) is 0.800. The van der Waals surface area contributed by atoms with Crippen LogP contribution in [0.4, 0.5) is 5.69 Å². The second-order valence-electron chi connectivity index (χ2n) is 6.32. The zero-order valence-corrected chi connectivity index (χ0v) is 13.9. The monoisotopic (exact) mass is 337 g/mol. The van der Waals surface area contributed by atoms with Crippen molar-refractivity contribution in [2.75, 3.05) is 5.32 Å². The minimum absolute atomic E-state index is 0.211. The number of rotatable bonds is 3. The summed E-state index contributed by atoms with van der Waals surface area (Å²) in [7, 11) is 0. The average molecular weight is 337 g/mol. The molecule has 3 N–H and O–H groups in total. The van der Waals surface area contributed by atoms with E-state index in [0.29, 0.717) is 23.5 Å². The highest BCUT2D eigenvalue weighted by Gasteiger charge is 2.27. The van der Waals surface area contributed by atoms with E-state index >= 15 is 0 Å². The first-order valence-corrected chi connectivity index (χ1v) is 8.32. The van der Waals surface area contributed by atoms with E-state index in [9.17, 15) is 9.59 Å². The van der Waals surface area contributed by atoms with Gasteiger partial charge in [-0.15, -0.1) is 0 Å². The Morgan fingerprint density at radius 1 is 1.24 bits per heavy atom. The Bertz CT molecular complexity index is 863. The molecule has 2 aromatic carbocycles. The van der Waals surface area contributed by atoms with E-state index in [1.807, 2.05) is 6.07 Å². The van der Waals surface area contributed by atoms with Crippen LogP contribution in [0.5, 0.6) is 5.75 Å². The molecular weight excluding hydrogens is 318 g/mol. The third-order valence-electron chi connectivity index (χ3n) is 4.54. The Morgan fingerprint density at radius 3 is 2.96 bits per heavy atom. The molecule has 2 heterocycles. The van der Waals surface area contributed by atoms with Crippen LogP contribution in [0, 0.1) is 0 Å². The molecule has 2 aromatic rings. The van der Waals surface area contributed by atoms with Crippen LogP contribution >= 0.6 is 0 Å². The Balaban J connectivity index is 1.50. The van der Waals surface area contributed by atoms with E-state index < -0.39 is 6.10 Å². The lowest BCUT2D eigenvalue weighted by atomic mass is 10.1. The molecule has 0 saturated heterocycles. The maximum absolute atomic E-state index is 12.6. The SMILES string of the molecule is CC1Oc2c(cccc2C(=O)NCc2ccc3c(c2)CNC3)NC1=O. The largest absolute Gasteiger partial charge is 0.478 e. The smallest absolute Gasteiger partial charge is 0.265 e. The van der Waals surface area contributed by atoms with Crippen molar-refractivity contribution in [1.82, 2.24) is 10.6 Å². The fourth-order valence-corrected chi connectivity index (χ4v) is 3.14. The lowest BCUT2D eigenvalue weighted by molar-refractivity contribution is -0.122. The molecule has 2 amide bonds. The Kier molecular flexibility index (Phi) is 3.89. The van der Waals surface area contributed by atoms with E-state index in [1.54, 1.807) is 25.1 Å². The normalized spacial score (nSPS) is 18.0. The minimum Gasteiger partial charge on any atom is -0.478 e. The van der Waals surface area contributed by atoms with Crippen LogP contribution in [-0.2, 0) is 24.4 Å². The third-order valence-corrected chi connectivity index (χ3v) is 4.54. The second kappa shape index (κ2) is 6.22. The maximum Gasteiger partial charge on any atom is 0.265 e. The number of carbonyl (C=O) groups excluding carboxylic acids is 2. The van der Waals surface area contributed by atoms with E-state index in [4.69, 9.17) is 4.74 Å². The standard InChI is InChI=1S/C19H19N3O3/c1-11-18(23)22-16-4-2-3-15(17(16)25-11)19(24)21-8-12-5-6-13-9-20-10-14(13)7-12/h2-7,11,20H,8-10H2,1H3,(H,21,24)(H,22,23). The number of nitrogens with one attached hydrogen (secondary N) is 3. The summed E-state index contributed by atoms with van der Waals surface area (Å²) in [6.45, 7) is 3.87. The fraction of sp³-hybridized carbons (Fsp3) is 0.263. The Labute approximate surface area is 145 Å². The van der Waals surface area contributed by atoms with Gasteiger partial charge in [0.05, 0.1) is 11.3 Å². The van der Waals surface area contributed by atoms with Crippen molar-refractivity contribution in [2.24, 2.45) is 0 Å². The van der Waals surface area contributed by atoms with Gasteiger partial charge in [0.1, 0.15) is 0 Å². The van der Waals surface area contributed by atoms with Gasteiger partial charge >= 0.3 is 0 Å². The number of hydrogen-bond donors (Lipinski definition) is 3. The number of anilines is 1. The second-order valence-corrected chi connectivity index (χ2v) is 6.32. The highest BCUT2D eigenvalue weighted by molar-refractivity contribution is 6.03. The topological polar surface area (TPSA) is 79.5 Å². The molecule has 0 bridgehead atoms. The molecule has 4 rings (SSSR count). The molecule has 1 unspecified atom stereocenters. The van der Waals surface area contributed by atoms with Gasteiger partial charge in [0.25, 0.3) is 11.8 Å². The van der Waals surface area contributed by atoms with Gasteiger partial charge < -0.3 is 20.7 Å². The number of para-hydroxylation sites is 1. The highest BCUT2D eigenvalue weighted by atomic mass is 16.5. The van der Waals surface area contributed by atoms with Crippen molar-refractivity contribution in [1.29, 1.82) is 0 Å². The predicted molar refractivity (Wildman–Crippen MR) is 93.3 cm³/mol. The van der Waals surface area contributed by atoms with Crippen molar-refractivity contribution in [2.45, 2.75) is 32.7 Å². The summed E-state index contributed by atoms with van der Waals surface area (Å²) in [5.41, 5.74) is 4.60. The molecule has 6 heteroatoms. The Morgan fingerprint density at radius 2 is 2.08 bits per heavy atom. The van der Waals surface area contributed by atoms with Crippen LogP contribution in [0.15, 0.2) is 36.4 Å². The molecule has 2 aliphatic heterocycles. The minimum atomic E-state index is -0.620. The van der Waals surface area contributed by atoms with Crippen LogP contribution in [0.2, 0.25) is 0 Å². The number of ether oxygens (including phenoxy) is 1. The molecule has 1 atom stereocenters. The van der Waals surface area contributed by atoms with Gasteiger partial charge in [-0.05, 0) is 35.7 Å². The summed E-state index contributed by atoms with van der Waals surface area (Å²) in [6, 6.07) is 11.4. The summed E-state index contributed by atoms with van der Waals surface area (Å²) in [5, 5.41) is 9.00. The van der Waals surface area contributed by atoms with Gasteiger partial charge in [-0.1, -0.05) is 24.3 Å². The number of fused-ring (bicyclic) bond motifs is 2. The van der Waals surface area contributed by atoms with Gasteiger partial charge in [-0.3, -0.25) is 9.59 Å². The number of hydrogen-bond acceptors (Lipinski definition) is 4. The first kappa shape index (κ1) is 15.7. The molecule has 128 valence electrons. The summed E-state index contributed by atoms with van der Waals surface area (Å²) >= 11 is 0. The molecule has 0 radical (unpaired) electrons. The fourth-order valence-electron chi connectivity index (χ4n) is 3.14. The summed E-state index contributed by atoms with van der Waals surface area (Å²) in [6.07, 6.45) is -0.620. The predicted octanol–water partition coefficient (Wildman–Crippen LogP) is 1.94.